The number of thiazole rings is 1. The van der Waals surface area contributed by atoms with E-state index in [2.05, 4.69) is 15.3 Å². The van der Waals surface area contributed by atoms with E-state index in [0.717, 1.165) is 22.4 Å². The summed E-state index contributed by atoms with van der Waals surface area (Å²) in [7, 11) is 1.62. The smallest absolute Gasteiger partial charge is 0.187 e. The van der Waals surface area contributed by atoms with Crippen molar-refractivity contribution in [2.24, 2.45) is 0 Å². The zero-order chi connectivity index (χ0) is 21.4. The van der Waals surface area contributed by atoms with Crippen LogP contribution in [0.1, 0.15) is 5.69 Å². The molecule has 7 nitrogen and oxygen atoms in total. The third-order valence-corrected chi connectivity index (χ3v) is 5.94. The van der Waals surface area contributed by atoms with Crippen molar-refractivity contribution in [3.63, 3.8) is 0 Å². The molecule has 0 spiro atoms. The van der Waals surface area contributed by atoms with E-state index in [1.54, 1.807) is 11.6 Å². The number of nitrogens with two attached hydrogens (primary N) is 1. The molecule has 5 rings (SSSR count). The molecule has 3 heterocycles. The van der Waals surface area contributed by atoms with Crippen LogP contribution < -0.4 is 5.73 Å². The van der Waals surface area contributed by atoms with E-state index in [-0.39, 0.29) is 0 Å². The Balaban J connectivity index is 1.64. The summed E-state index contributed by atoms with van der Waals surface area (Å²) in [6.07, 6.45) is 0. The Morgan fingerprint density at radius 1 is 1.03 bits per heavy atom. The molecular formula is C22H17ClN6OS. The summed E-state index contributed by atoms with van der Waals surface area (Å²) < 4.78 is 6.95. The maximum absolute atomic E-state index is 6.48. The molecule has 2 aromatic carbocycles. The Morgan fingerprint density at radius 3 is 2.55 bits per heavy atom. The number of hydrogen-bond acceptors (Lipinski definition) is 7. The molecular weight excluding hydrogens is 432 g/mol. The molecule has 3 aromatic heterocycles. The van der Waals surface area contributed by atoms with Gasteiger partial charge < -0.3 is 10.5 Å². The maximum Gasteiger partial charge on any atom is 0.187 e. The van der Waals surface area contributed by atoms with Crippen LogP contribution in [0.25, 0.3) is 38.7 Å². The number of nitrogens with zero attached hydrogens (tertiary/aromatic N) is 5. The van der Waals surface area contributed by atoms with Gasteiger partial charge in [-0.05, 0) is 17.7 Å². The number of aromatic nitrogens is 5. The summed E-state index contributed by atoms with van der Waals surface area (Å²) in [5, 5.41) is 16.8. The Hall–Kier alpha value is -3.33. The molecule has 0 atom stereocenters. The van der Waals surface area contributed by atoms with Gasteiger partial charge in [-0.25, -0.2) is 4.98 Å². The second-order valence-corrected chi connectivity index (χ2v) is 8.13. The molecule has 0 unspecified atom stereocenters. The molecule has 0 saturated carbocycles. The highest BCUT2D eigenvalue weighted by Crippen LogP contribution is 2.34. The Labute approximate surface area is 187 Å². The third kappa shape index (κ3) is 3.54. The molecule has 5 aromatic rings. The SMILES string of the molecule is COCc1nn2c(N)c(-c3nc(-c4ccccc4)cs3)nnc2c1-c1ccc(Cl)cc1. The molecule has 2 N–H and O–H groups in total. The van der Waals surface area contributed by atoms with Crippen LogP contribution in [-0.4, -0.2) is 31.9 Å². The highest BCUT2D eigenvalue weighted by atomic mass is 35.5. The molecule has 9 heteroatoms. The lowest BCUT2D eigenvalue weighted by Gasteiger charge is -2.04. The van der Waals surface area contributed by atoms with Gasteiger partial charge in [0, 0.05) is 23.1 Å². The van der Waals surface area contributed by atoms with Crippen molar-refractivity contribution in [3.05, 3.63) is 70.7 Å². The highest BCUT2D eigenvalue weighted by Gasteiger charge is 2.21. The summed E-state index contributed by atoms with van der Waals surface area (Å²) in [4.78, 5) is 4.71. The van der Waals surface area contributed by atoms with Gasteiger partial charge in [0.25, 0.3) is 0 Å². The van der Waals surface area contributed by atoms with Gasteiger partial charge in [0.05, 0.1) is 23.6 Å². The third-order valence-electron chi connectivity index (χ3n) is 4.84. The van der Waals surface area contributed by atoms with Crippen molar-refractivity contribution in [1.29, 1.82) is 0 Å². The number of fused-ring (bicyclic) bond motifs is 1. The predicted molar refractivity (Wildman–Crippen MR) is 123 cm³/mol. The van der Waals surface area contributed by atoms with Gasteiger partial charge >= 0.3 is 0 Å². The second kappa shape index (κ2) is 8.07. The van der Waals surface area contributed by atoms with Crippen LogP contribution in [0.4, 0.5) is 5.82 Å². The number of halogens is 1. The topological polar surface area (TPSA) is 91.2 Å². The molecule has 0 fully saturated rings. The minimum atomic E-state index is 0.311. The molecule has 31 heavy (non-hydrogen) atoms. The molecule has 0 aliphatic carbocycles. The number of benzene rings is 2. The summed E-state index contributed by atoms with van der Waals surface area (Å²) in [5.74, 6) is 0.372. The molecule has 0 saturated heterocycles. The fraction of sp³-hybridized carbons (Fsp3) is 0.0909. The fourth-order valence-electron chi connectivity index (χ4n) is 3.39. The van der Waals surface area contributed by atoms with Gasteiger partial charge in [0.15, 0.2) is 17.2 Å². The largest absolute Gasteiger partial charge is 0.382 e. The second-order valence-electron chi connectivity index (χ2n) is 6.83. The van der Waals surface area contributed by atoms with Crippen molar-refractivity contribution >= 4 is 34.4 Å². The zero-order valence-corrected chi connectivity index (χ0v) is 18.1. The number of methoxy groups -OCH3 is 1. The summed E-state index contributed by atoms with van der Waals surface area (Å²) in [5.41, 5.74) is 11.9. The van der Waals surface area contributed by atoms with Gasteiger partial charge in [-0.15, -0.1) is 21.5 Å². The van der Waals surface area contributed by atoms with E-state index < -0.39 is 0 Å². The van der Waals surface area contributed by atoms with Crippen LogP contribution in [0.3, 0.4) is 0 Å². The van der Waals surface area contributed by atoms with E-state index in [1.165, 1.54) is 11.3 Å². The minimum absolute atomic E-state index is 0.311. The number of hydrogen-bond donors (Lipinski definition) is 1. The summed E-state index contributed by atoms with van der Waals surface area (Å²) in [6.45, 7) is 0.311. The zero-order valence-electron chi connectivity index (χ0n) is 16.5. The van der Waals surface area contributed by atoms with Crippen molar-refractivity contribution < 1.29 is 4.74 Å². The number of rotatable bonds is 5. The molecule has 154 valence electrons. The normalized spacial score (nSPS) is 11.3. The quantitative estimate of drug-likeness (QED) is 0.408. The van der Waals surface area contributed by atoms with Crippen molar-refractivity contribution in [1.82, 2.24) is 24.8 Å². The standard InChI is InChI=1S/C22H17ClN6OS/c1-30-11-16-18(14-7-9-15(23)10-8-14)21-27-26-19(20(24)29(21)28-16)22-25-17(12-31-22)13-5-3-2-4-6-13/h2-10,12H,11,24H2,1H3. The van der Waals surface area contributed by atoms with E-state index in [1.807, 2.05) is 60.0 Å². The van der Waals surface area contributed by atoms with E-state index >= 15 is 0 Å². The Morgan fingerprint density at radius 2 is 1.81 bits per heavy atom. The highest BCUT2D eigenvalue weighted by molar-refractivity contribution is 7.13. The molecule has 0 radical (unpaired) electrons. The van der Waals surface area contributed by atoms with E-state index in [0.29, 0.717) is 39.5 Å². The van der Waals surface area contributed by atoms with Crippen molar-refractivity contribution in [3.8, 4) is 33.1 Å². The van der Waals surface area contributed by atoms with Gasteiger partial charge in [-0.2, -0.15) is 9.61 Å². The first kappa shape index (κ1) is 19.6. The van der Waals surface area contributed by atoms with Gasteiger partial charge in [0.1, 0.15) is 5.01 Å². The minimum Gasteiger partial charge on any atom is -0.382 e. The lowest BCUT2D eigenvalue weighted by Crippen LogP contribution is -2.05. The van der Waals surface area contributed by atoms with Gasteiger partial charge in [0.2, 0.25) is 0 Å². The molecule has 0 amide bonds. The van der Waals surface area contributed by atoms with E-state index in [4.69, 9.17) is 27.1 Å². The fourth-order valence-corrected chi connectivity index (χ4v) is 4.33. The summed E-state index contributed by atoms with van der Waals surface area (Å²) in [6, 6.07) is 17.4. The van der Waals surface area contributed by atoms with Crippen molar-refractivity contribution in [2.75, 3.05) is 12.8 Å². The number of ether oxygens (including phenoxy) is 1. The maximum atomic E-state index is 6.48. The Kier molecular flexibility index (Phi) is 5.11. The average molecular weight is 449 g/mol. The lowest BCUT2D eigenvalue weighted by molar-refractivity contribution is 0.181. The van der Waals surface area contributed by atoms with Crippen LogP contribution in [-0.2, 0) is 11.3 Å². The van der Waals surface area contributed by atoms with Crippen LogP contribution in [0.5, 0.6) is 0 Å². The lowest BCUT2D eigenvalue weighted by atomic mass is 10.1. The first-order chi connectivity index (χ1) is 15.2. The number of nitrogen functional groups attached to an aromatic ring is 1. The monoisotopic (exact) mass is 448 g/mol. The van der Waals surface area contributed by atoms with Crippen molar-refractivity contribution in [2.45, 2.75) is 6.61 Å². The average Bonchev–Trinajstić information content (AvgIpc) is 3.41. The predicted octanol–water partition coefficient (Wildman–Crippen LogP) is 4.96. The van der Waals surface area contributed by atoms with Crippen LogP contribution >= 0.6 is 22.9 Å². The van der Waals surface area contributed by atoms with Crippen LogP contribution in [0.2, 0.25) is 5.02 Å². The van der Waals surface area contributed by atoms with Gasteiger partial charge in [-0.1, -0.05) is 54.1 Å². The van der Waals surface area contributed by atoms with Crippen LogP contribution in [0, 0.1) is 0 Å². The van der Waals surface area contributed by atoms with Gasteiger partial charge in [-0.3, -0.25) is 0 Å². The molecule has 0 aliphatic heterocycles. The van der Waals surface area contributed by atoms with E-state index in [9.17, 15) is 0 Å². The first-order valence-corrected chi connectivity index (χ1v) is 10.7. The first-order valence-electron chi connectivity index (χ1n) is 9.45. The summed E-state index contributed by atoms with van der Waals surface area (Å²) >= 11 is 7.52. The van der Waals surface area contributed by atoms with Crippen LogP contribution in [0.15, 0.2) is 60.0 Å². The molecule has 0 aliphatic rings. The molecule has 0 bridgehead atoms. The number of anilines is 1. The Bertz CT molecular complexity index is 1360.